The third kappa shape index (κ3) is 4.59. The second kappa shape index (κ2) is 8.86. The van der Waals surface area contributed by atoms with Gasteiger partial charge in [-0.05, 0) is 54.3 Å². The highest BCUT2D eigenvalue weighted by Gasteiger charge is 2.16. The number of H-pyrrole nitrogens is 1. The molecule has 7 heteroatoms. The van der Waals surface area contributed by atoms with Gasteiger partial charge < -0.3 is 10.3 Å². The zero-order chi connectivity index (χ0) is 21.0. The molecule has 5 rings (SSSR count). The fourth-order valence-corrected chi connectivity index (χ4v) is 4.25. The van der Waals surface area contributed by atoms with Crippen LogP contribution in [0.4, 0.5) is 5.82 Å². The van der Waals surface area contributed by atoms with Gasteiger partial charge in [-0.25, -0.2) is 15.0 Å². The molecule has 1 saturated carbocycles. The summed E-state index contributed by atoms with van der Waals surface area (Å²) in [4.78, 5) is 21.1. The van der Waals surface area contributed by atoms with Crippen LogP contribution in [0.2, 0.25) is 5.15 Å². The van der Waals surface area contributed by atoms with Crippen LogP contribution in [0.25, 0.3) is 34.4 Å². The number of hydrogen-bond donors (Lipinski definition) is 2. The minimum atomic E-state index is 0.459. The van der Waals surface area contributed by atoms with Crippen LogP contribution in [-0.2, 0) is 0 Å². The minimum absolute atomic E-state index is 0.459. The molecule has 0 spiro atoms. The first-order chi connectivity index (χ1) is 15.2. The van der Waals surface area contributed by atoms with Crippen LogP contribution in [0.15, 0.2) is 49.1 Å². The van der Waals surface area contributed by atoms with Gasteiger partial charge in [0, 0.05) is 30.2 Å². The van der Waals surface area contributed by atoms with Crippen molar-refractivity contribution in [1.29, 1.82) is 0 Å². The predicted molar refractivity (Wildman–Crippen MR) is 126 cm³/mol. The first-order valence-corrected chi connectivity index (χ1v) is 11.0. The Labute approximate surface area is 185 Å². The Hall–Kier alpha value is -3.25. The Morgan fingerprint density at radius 1 is 1.03 bits per heavy atom. The molecular formula is C24H23ClN6. The van der Waals surface area contributed by atoms with Gasteiger partial charge in [-0.1, -0.05) is 36.9 Å². The van der Waals surface area contributed by atoms with E-state index in [2.05, 4.69) is 25.3 Å². The second-order valence-corrected chi connectivity index (χ2v) is 8.24. The molecule has 0 radical (unpaired) electrons. The van der Waals surface area contributed by atoms with Gasteiger partial charge in [0.2, 0.25) is 0 Å². The lowest BCUT2D eigenvalue weighted by Gasteiger charge is -2.23. The van der Waals surface area contributed by atoms with E-state index in [0.717, 1.165) is 39.4 Å². The molecule has 6 nitrogen and oxygen atoms in total. The normalized spacial score (nSPS) is 15.0. The summed E-state index contributed by atoms with van der Waals surface area (Å²) in [5.74, 6) is 0.811. The molecule has 4 aromatic heterocycles. The van der Waals surface area contributed by atoms with Gasteiger partial charge in [0.25, 0.3) is 0 Å². The molecule has 0 atom stereocenters. The topological polar surface area (TPSA) is 79.4 Å². The van der Waals surface area contributed by atoms with Crippen molar-refractivity contribution in [2.75, 3.05) is 5.32 Å². The minimum Gasteiger partial charge on any atom is -0.367 e. The Morgan fingerprint density at radius 3 is 2.71 bits per heavy atom. The van der Waals surface area contributed by atoms with Gasteiger partial charge in [-0.15, -0.1) is 0 Å². The van der Waals surface area contributed by atoms with Gasteiger partial charge in [-0.2, -0.15) is 0 Å². The van der Waals surface area contributed by atoms with E-state index in [4.69, 9.17) is 16.6 Å². The molecule has 0 saturated heterocycles. The quantitative estimate of drug-likeness (QED) is 0.380. The second-order valence-electron chi connectivity index (χ2n) is 7.85. The number of hydrogen-bond acceptors (Lipinski definition) is 5. The molecular weight excluding hydrogens is 408 g/mol. The van der Waals surface area contributed by atoms with Crippen LogP contribution >= 0.6 is 11.6 Å². The number of anilines is 1. The molecule has 0 aromatic carbocycles. The molecule has 1 aliphatic carbocycles. The van der Waals surface area contributed by atoms with Crippen LogP contribution in [0.5, 0.6) is 0 Å². The zero-order valence-electron chi connectivity index (χ0n) is 17.1. The summed E-state index contributed by atoms with van der Waals surface area (Å²) in [7, 11) is 0. The van der Waals surface area contributed by atoms with Gasteiger partial charge in [0.15, 0.2) is 5.65 Å². The highest BCUT2D eigenvalue weighted by atomic mass is 35.5. The van der Waals surface area contributed by atoms with E-state index in [1.807, 2.05) is 42.6 Å². The number of fused-ring (bicyclic) bond motifs is 1. The average Bonchev–Trinajstić information content (AvgIpc) is 3.22. The number of nitrogens with zero attached hydrogens (tertiary/aromatic N) is 4. The van der Waals surface area contributed by atoms with Crippen LogP contribution < -0.4 is 5.32 Å². The van der Waals surface area contributed by atoms with Crippen molar-refractivity contribution in [2.24, 2.45) is 0 Å². The molecule has 0 amide bonds. The summed E-state index contributed by atoms with van der Waals surface area (Å²) in [5.41, 5.74) is 5.32. The number of aromatic amines is 1. The first kappa shape index (κ1) is 19.7. The van der Waals surface area contributed by atoms with E-state index < -0.39 is 0 Å². The first-order valence-electron chi connectivity index (χ1n) is 10.6. The van der Waals surface area contributed by atoms with Crippen molar-refractivity contribution in [1.82, 2.24) is 24.9 Å². The van der Waals surface area contributed by atoms with Crippen molar-refractivity contribution in [3.63, 3.8) is 0 Å². The lowest BCUT2D eigenvalue weighted by atomic mass is 9.95. The molecule has 1 aliphatic rings. The van der Waals surface area contributed by atoms with Gasteiger partial charge in [0.05, 0.1) is 11.9 Å². The van der Waals surface area contributed by atoms with E-state index in [0.29, 0.717) is 11.2 Å². The fraction of sp³-hybridized carbons (Fsp3) is 0.250. The molecule has 0 unspecified atom stereocenters. The fourth-order valence-electron chi connectivity index (χ4n) is 4.04. The van der Waals surface area contributed by atoms with Crippen molar-refractivity contribution in [2.45, 2.75) is 38.1 Å². The summed E-state index contributed by atoms with van der Waals surface area (Å²) in [5, 5.41) is 4.03. The number of nitrogens with one attached hydrogen (secondary N) is 2. The van der Waals surface area contributed by atoms with Crippen LogP contribution in [0.3, 0.4) is 0 Å². The molecule has 4 heterocycles. The van der Waals surface area contributed by atoms with Crippen LogP contribution in [0, 0.1) is 0 Å². The molecule has 0 aliphatic heterocycles. The summed E-state index contributed by atoms with van der Waals surface area (Å²) in [6, 6.07) is 8.27. The number of rotatable bonds is 5. The number of pyridine rings is 2. The van der Waals surface area contributed by atoms with Gasteiger partial charge in [-0.3, -0.25) is 4.98 Å². The molecule has 4 aromatic rings. The summed E-state index contributed by atoms with van der Waals surface area (Å²) >= 11 is 6.37. The molecule has 1 fully saturated rings. The third-order valence-corrected chi connectivity index (χ3v) is 5.81. The van der Waals surface area contributed by atoms with Gasteiger partial charge >= 0.3 is 0 Å². The molecule has 31 heavy (non-hydrogen) atoms. The van der Waals surface area contributed by atoms with Crippen molar-refractivity contribution in [3.05, 3.63) is 65.5 Å². The maximum Gasteiger partial charge on any atom is 0.156 e. The smallest absolute Gasteiger partial charge is 0.156 e. The largest absolute Gasteiger partial charge is 0.367 e. The van der Waals surface area contributed by atoms with E-state index in [-0.39, 0.29) is 0 Å². The molecule has 156 valence electrons. The SMILES string of the molecule is Clc1cc(-c2c[nH]c3ncc(/C=C/c4ccncc4)nc23)cc(NC2CCCCC2)n1. The van der Waals surface area contributed by atoms with E-state index in [9.17, 15) is 0 Å². The van der Waals surface area contributed by atoms with Crippen molar-refractivity contribution in [3.8, 4) is 11.1 Å². The number of halogens is 1. The lowest BCUT2D eigenvalue weighted by molar-refractivity contribution is 0.462. The zero-order valence-corrected chi connectivity index (χ0v) is 17.8. The van der Waals surface area contributed by atoms with Crippen molar-refractivity contribution < 1.29 is 0 Å². The highest BCUT2D eigenvalue weighted by molar-refractivity contribution is 6.29. The molecule has 2 N–H and O–H groups in total. The monoisotopic (exact) mass is 430 g/mol. The maximum absolute atomic E-state index is 6.37. The summed E-state index contributed by atoms with van der Waals surface area (Å²) in [6.45, 7) is 0. The highest BCUT2D eigenvalue weighted by Crippen LogP contribution is 2.31. The predicted octanol–water partition coefficient (Wildman–Crippen LogP) is 5.98. The molecule has 0 bridgehead atoms. The van der Waals surface area contributed by atoms with E-state index in [1.54, 1.807) is 18.6 Å². The number of aromatic nitrogens is 5. The maximum atomic E-state index is 6.37. The lowest BCUT2D eigenvalue weighted by Crippen LogP contribution is -2.22. The Kier molecular flexibility index (Phi) is 5.63. The average molecular weight is 431 g/mol. The van der Waals surface area contributed by atoms with E-state index >= 15 is 0 Å². The third-order valence-electron chi connectivity index (χ3n) is 5.61. The Bertz CT molecular complexity index is 1210. The van der Waals surface area contributed by atoms with Crippen LogP contribution in [-0.4, -0.2) is 31.0 Å². The van der Waals surface area contributed by atoms with Crippen molar-refractivity contribution >= 4 is 40.7 Å². The van der Waals surface area contributed by atoms with E-state index in [1.165, 1.54) is 32.1 Å². The Morgan fingerprint density at radius 2 is 1.87 bits per heavy atom. The summed E-state index contributed by atoms with van der Waals surface area (Å²) in [6.07, 6.45) is 17.4. The van der Waals surface area contributed by atoms with Gasteiger partial charge in [0.1, 0.15) is 16.5 Å². The standard InChI is InChI=1S/C24H23ClN6/c25-21-12-17(13-22(31-21)29-18-4-2-1-3-5-18)20-15-28-24-23(20)30-19(14-27-24)7-6-16-8-10-26-11-9-16/h6-15,18H,1-5H2,(H,27,28)(H,29,31)/b7-6+. The Balaban J connectivity index is 1.46. The summed E-state index contributed by atoms with van der Waals surface area (Å²) < 4.78 is 0. The van der Waals surface area contributed by atoms with Crippen LogP contribution in [0.1, 0.15) is 43.4 Å².